The zero-order valence-electron chi connectivity index (χ0n) is 57.5. The Morgan fingerprint density at radius 3 is 0.620 bits per heavy atom. The van der Waals surface area contributed by atoms with E-state index in [1.165, 1.54) is 9.80 Å². The molecule has 12 aromatic rings. The molecule has 12 nitrogen and oxygen atoms in total. The van der Waals surface area contributed by atoms with Gasteiger partial charge in [0.15, 0.2) is 0 Å². The lowest BCUT2D eigenvalue weighted by Crippen LogP contribution is -2.51. The Morgan fingerprint density at radius 2 is 0.420 bits per heavy atom. The van der Waals surface area contributed by atoms with E-state index in [0.29, 0.717) is 65.7 Å². The zero-order chi connectivity index (χ0) is 68.8. The first-order valence-electron chi connectivity index (χ1n) is 36.9. The lowest BCUT2D eigenvalue weighted by molar-refractivity contribution is 0.0305. The summed E-state index contributed by atoms with van der Waals surface area (Å²) in [4.78, 5) is 130. The largest absolute Gasteiger partial charge is 0.271 e. The highest BCUT2D eigenvalue weighted by molar-refractivity contribution is 6.43. The molecule has 16 rings (SSSR count). The minimum absolute atomic E-state index is 0.210. The van der Waals surface area contributed by atoms with Gasteiger partial charge in [0, 0.05) is 78.1 Å². The number of hydrogen-bond acceptors (Lipinski definition) is 8. The van der Waals surface area contributed by atoms with E-state index in [9.17, 15) is 19.2 Å². The lowest BCUT2D eigenvalue weighted by Gasteiger charge is -2.43. The minimum Gasteiger partial charge on any atom is -0.271 e. The maximum Gasteiger partial charge on any atom is 0.262 e. The number of hydrogen-bond donors (Lipinski definition) is 0. The summed E-state index contributed by atoms with van der Waals surface area (Å²) in [6.07, 6.45) is 19.8. The van der Waals surface area contributed by atoms with Crippen LogP contribution in [0.4, 0.5) is 0 Å². The molecule has 0 fully saturated rings. The van der Waals surface area contributed by atoms with Gasteiger partial charge in [-0.25, -0.2) is 0 Å². The summed E-state index contributed by atoms with van der Waals surface area (Å²) in [5.41, 5.74) is 4.10. The van der Waals surface area contributed by atoms with Crippen LogP contribution in [0.25, 0.3) is 86.2 Å². The third kappa shape index (κ3) is 9.95. The molecule has 0 spiro atoms. The molecule has 12 heteroatoms. The SMILES string of the molecule is CCCCCCC(CCCCCC)N1C(=O)c2ccc3c4ccc5c6c(ccc(c7ccc(c2c37)C1=O)c64)C(=O)N([C@H](c1ccccc1)[C@@H](c1ccccc1)N1C(=O)c2ccc3c4ccc6c7c(ccc(c8ccc(c2c38)C1=O)c74)C(=O)N(C(CCCCCC)CCCCCC)C6=O)C5=O. The second kappa shape index (κ2) is 26.1. The summed E-state index contributed by atoms with van der Waals surface area (Å²) >= 11 is 0. The smallest absolute Gasteiger partial charge is 0.262 e. The van der Waals surface area contributed by atoms with Gasteiger partial charge in [-0.05, 0) is 150 Å². The average Bonchev–Trinajstić information content (AvgIpc) is 0.694. The van der Waals surface area contributed by atoms with Crippen molar-refractivity contribution in [2.24, 2.45) is 0 Å². The Morgan fingerprint density at radius 1 is 0.220 bits per heavy atom. The van der Waals surface area contributed by atoms with Crippen LogP contribution in [0.1, 0.15) is 262 Å². The minimum atomic E-state index is -1.26. The zero-order valence-corrected chi connectivity index (χ0v) is 57.5. The van der Waals surface area contributed by atoms with Gasteiger partial charge >= 0.3 is 0 Å². The van der Waals surface area contributed by atoms with Crippen LogP contribution in [0.3, 0.4) is 0 Å². The van der Waals surface area contributed by atoms with Crippen molar-refractivity contribution >= 4 is 133 Å². The second-order valence-electron chi connectivity index (χ2n) is 28.6. The van der Waals surface area contributed by atoms with E-state index in [0.717, 1.165) is 182 Å². The number of rotatable bonds is 27. The van der Waals surface area contributed by atoms with Crippen LogP contribution in [-0.4, -0.2) is 78.9 Å². The molecule has 0 saturated heterocycles. The maximum atomic E-state index is 16.2. The highest BCUT2D eigenvalue weighted by Gasteiger charge is 2.50. The Bertz CT molecular complexity index is 4790. The third-order valence-electron chi connectivity index (χ3n) is 22.8. The number of amides is 8. The van der Waals surface area contributed by atoms with Crippen LogP contribution >= 0.6 is 0 Å². The van der Waals surface area contributed by atoms with E-state index in [2.05, 4.69) is 27.7 Å². The van der Waals surface area contributed by atoms with Crippen molar-refractivity contribution in [3.63, 3.8) is 0 Å². The van der Waals surface area contributed by atoms with E-state index in [1.807, 2.05) is 133 Å². The highest BCUT2D eigenvalue weighted by Crippen LogP contribution is 2.53. The molecule has 0 N–H and O–H groups in total. The van der Waals surface area contributed by atoms with Gasteiger partial charge in [-0.1, -0.05) is 240 Å². The number of unbranched alkanes of at least 4 members (excludes halogenated alkanes) is 12. The Balaban J connectivity index is 0.783. The van der Waals surface area contributed by atoms with Gasteiger partial charge < -0.3 is 0 Å². The molecular formula is C88H82N4O8. The quantitative estimate of drug-likeness (QED) is 0.0214. The van der Waals surface area contributed by atoms with Crippen LogP contribution in [0.2, 0.25) is 0 Å². The van der Waals surface area contributed by atoms with Crippen LogP contribution in [0.5, 0.6) is 0 Å². The molecule has 12 aromatic carbocycles. The van der Waals surface area contributed by atoms with Gasteiger partial charge in [0.25, 0.3) is 47.3 Å². The molecule has 0 saturated carbocycles. The number of carbonyl (C=O) groups excluding carboxylic acids is 8. The molecule has 0 unspecified atom stereocenters. The molecule has 0 bridgehead atoms. The van der Waals surface area contributed by atoms with Crippen LogP contribution < -0.4 is 0 Å². The molecule has 0 aliphatic carbocycles. The summed E-state index contributed by atoms with van der Waals surface area (Å²) in [7, 11) is 0. The molecule has 4 aliphatic rings. The van der Waals surface area contributed by atoms with Crippen molar-refractivity contribution in [2.75, 3.05) is 0 Å². The van der Waals surface area contributed by atoms with Gasteiger partial charge in [-0.3, -0.25) is 58.0 Å². The van der Waals surface area contributed by atoms with Crippen molar-refractivity contribution in [2.45, 2.75) is 180 Å². The van der Waals surface area contributed by atoms with Crippen molar-refractivity contribution in [3.05, 3.63) is 213 Å². The third-order valence-corrected chi connectivity index (χ3v) is 22.8. The van der Waals surface area contributed by atoms with E-state index >= 15 is 19.2 Å². The predicted molar refractivity (Wildman–Crippen MR) is 398 cm³/mol. The fourth-order valence-corrected chi connectivity index (χ4v) is 18.1. The first kappa shape index (κ1) is 64.5. The number of fused-ring (bicyclic) bond motifs is 4. The van der Waals surface area contributed by atoms with Crippen LogP contribution in [0, 0.1) is 0 Å². The maximum absolute atomic E-state index is 16.2. The fraction of sp³-hybridized carbons (Fsp3) is 0.318. The number of imide groups is 4. The van der Waals surface area contributed by atoms with E-state index in [4.69, 9.17) is 0 Å². The van der Waals surface area contributed by atoms with Crippen molar-refractivity contribution in [1.29, 1.82) is 0 Å². The topological polar surface area (TPSA) is 150 Å². The summed E-state index contributed by atoms with van der Waals surface area (Å²) in [5.74, 6) is -3.48. The molecule has 0 radical (unpaired) electrons. The molecule has 2 atom stereocenters. The van der Waals surface area contributed by atoms with Gasteiger partial charge in [-0.15, -0.1) is 0 Å². The second-order valence-corrected chi connectivity index (χ2v) is 28.6. The van der Waals surface area contributed by atoms with Crippen LogP contribution in [0.15, 0.2) is 158 Å². The van der Waals surface area contributed by atoms with Crippen molar-refractivity contribution < 1.29 is 38.4 Å². The fourth-order valence-electron chi connectivity index (χ4n) is 18.1. The van der Waals surface area contributed by atoms with Crippen LogP contribution in [-0.2, 0) is 0 Å². The van der Waals surface area contributed by atoms with E-state index in [1.54, 1.807) is 34.1 Å². The molecular weight excluding hydrogens is 1240 g/mol. The average molecular weight is 1320 g/mol. The summed E-state index contributed by atoms with van der Waals surface area (Å²) in [5, 5.41) is 11.4. The van der Waals surface area contributed by atoms with Crippen molar-refractivity contribution in [3.8, 4) is 0 Å². The lowest BCUT2D eigenvalue weighted by atomic mass is 9.80. The number of benzene rings is 12. The monoisotopic (exact) mass is 1320 g/mol. The van der Waals surface area contributed by atoms with E-state index < -0.39 is 35.7 Å². The summed E-state index contributed by atoms with van der Waals surface area (Å²) in [6, 6.07) is 45.3. The van der Waals surface area contributed by atoms with Gasteiger partial charge in [0.1, 0.15) is 0 Å². The number of carbonyl (C=O) groups is 8. The van der Waals surface area contributed by atoms with Gasteiger partial charge in [0.2, 0.25) is 0 Å². The van der Waals surface area contributed by atoms with Gasteiger partial charge in [0.05, 0.1) is 12.1 Å². The molecule has 0 aromatic heterocycles. The Labute approximate surface area is 581 Å². The molecule has 4 heterocycles. The standard InChI is InChI=1S/C88H82N4O8/c1-5-9-13-23-31-53(32-24-14-10-6-2)89-81(93)63-43-35-55-59-39-47-67-77-68(48-40-60(73(59)77)56-36-44-64(82(89)94)75(63)71(55)56)86(98)91(85(67)97)79(51-27-19-17-20-28-51)80(52-29-21-18-22-30-52)92-87(99)69-49-41-61-57-37-45-65-76-66(46-38-58(72(57)76)62-42-50-70(88(92)100)78(69)74(61)62)84(96)90(83(65)95)54(33-25-15-11-7-3)34-26-16-12-8-4/h17-22,27-30,35-50,53-54,79-80H,5-16,23-26,31-34H2,1-4H3/t79-,80-/m1/s1. The van der Waals surface area contributed by atoms with Gasteiger partial charge in [-0.2, -0.15) is 0 Å². The normalized spacial score (nSPS) is 15.4. The molecule has 4 aliphatic heterocycles. The first-order chi connectivity index (χ1) is 48.9. The Hall–Kier alpha value is -10.2. The first-order valence-corrected chi connectivity index (χ1v) is 36.9. The highest BCUT2D eigenvalue weighted by atomic mass is 16.2. The predicted octanol–water partition coefficient (Wildman–Crippen LogP) is 21.0. The molecule has 8 amide bonds. The summed E-state index contributed by atoms with van der Waals surface area (Å²) < 4.78 is 0. The molecule has 100 heavy (non-hydrogen) atoms. The van der Waals surface area contributed by atoms with Crippen molar-refractivity contribution in [1.82, 2.24) is 19.6 Å². The summed E-state index contributed by atoms with van der Waals surface area (Å²) in [6.45, 7) is 8.73. The number of nitrogens with zero attached hydrogens (tertiary/aromatic N) is 4. The Kier molecular flexibility index (Phi) is 16.9. The molecule has 502 valence electrons. The van der Waals surface area contributed by atoms with E-state index in [-0.39, 0.29) is 58.0 Å².